The van der Waals surface area contributed by atoms with E-state index >= 15 is 0 Å². The van der Waals surface area contributed by atoms with Gasteiger partial charge in [-0.15, -0.1) is 0 Å². The molecular formula is C23H32N4O2. The second kappa shape index (κ2) is 11.1. The molecule has 2 aromatic carbocycles. The molecule has 0 heterocycles. The van der Waals surface area contributed by atoms with Gasteiger partial charge in [0.05, 0.1) is 0 Å². The molecule has 0 bridgehead atoms. The lowest BCUT2D eigenvalue weighted by Gasteiger charge is -2.14. The largest absolute Gasteiger partial charge is 0.484 e. The normalized spacial score (nSPS) is 11.1. The summed E-state index contributed by atoms with van der Waals surface area (Å²) in [6, 6.07) is 14.3. The van der Waals surface area contributed by atoms with E-state index in [9.17, 15) is 4.79 Å². The van der Waals surface area contributed by atoms with Crippen molar-refractivity contribution in [3.05, 3.63) is 64.7 Å². The van der Waals surface area contributed by atoms with Crippen LogP contribution < -0.4 is 15.4 Å². The van der Waals surface area contributed by atoms with Gasteiger partial charge >= 0.3 is 0 Å². The lowest BCUT2D eigenvalue weighted by molar-refractivity contribution is -0.130. The monoisotopic (exact) mass is 396 g/mol. The Morgan fingerprint density at radius 1 is 1.03 bits per heavy atom. The Morgan fingerprint density at radius 2 is 1.76 bits per heavy atom. The number of hydrogen-bond donors (Lipinski definition) is 2. The Labute approximate surface area is 174 Å². The van der Waals surface area contributed by atoms with Gasteiger partial charge < -0.3 is 20.3 Å². The van der Waals surface area contributed by atoms with Crippen molar-refractivity contribution in [3.8, 4) is 5.75 Å². The predicted octanol–water partition coefficient (Wildman–Crippen LogP) is 2.68. The highest BCUT2D eigenvalue weighted by Crippen LogP contribution is 2.13. The van der Waals surface area contributed by atoms with Gasteiger partial charge in [-0.3, -0.25) is 9.79 Å². The summed E-state index contributed by atoms with van der Waals surface area (Å²) in [5.74, 6) is 1.36. The average molecular weight is 397 g/mol. The molecule has 1 amide bonds. The fourth-order valence-corrected chi connectivity index (χ4v) is 2.96. The summed E-state index contributed by atoms with van der Waals surface area (Å²) in [5.41, 5.74) is 4.95. The lowest BCUT2D eigenvalue weighted by Crippen LogP contribution is -2.37. The van der Waals surface area contributed by atoms with E-state index in [0.29, 0.717) is 12.3 Å². The van der Waals surface area contributed by atoms with Gasteiger partial charge in [-0.2, -0.15) is 0 Å². The van der Waals surface area contributed by atoms with Gasteiger partial charge in [-0.1, -0.05) is 41.5 Å². The maximum absolute atomic E-state index is 11.7. The van der Waals surface area contributed by atoms with Crippen LogP contribution in [0.2, 0.25) is 0 Å². The molecule has 0 radical (unpaired) electrons. The summed E-state index contributed by atoms with van der Waals surface area (Å²) in [7, 11) is 5.19. The van der Waals surface area contributed by atoms with Crippen molar-refractivity contribution in [3.63, 3.8) is 0 Å². The van der Waals surface area contributed by atoms with Crippen LogP contribution in [0, 0.1) is 13.8 Å². The highest BCUT2D eigenvalue weighted by atomic mass is 16.5. The molecule has 6 nitrogen and oxygen atoms in total. The Hall–Kier alpha value is -3.02. The van der Waals surface area contributed by atoms with Gasteiger partial charge in [-0.05, 0) is 43.5 Å². The van der Waals surface area contributed by atoms with E-state index in [1.165, 1.54) is 21.6 Å². The molecule has 0 aliphatic carbocycles. The summed E-state index contributed by atoms with van der Waals surface area (Å²) in [6.07, 6.45) is 0.937. The van der Waals surface area contributed by atoms with Crippen molar-refractivity contribution >= 4 is 11.9 Å². The number of benzene rings is 2. The molecule has 0 unspecified atom stereocenters. The van der Waals surface area contributed by atoms with Gasteiger partial charge in [0, 0.05) is 34.2 Å². The number of ether oxygens (including phenoxy) is 1. The molecule has 156 valence electrons. The minimum atomic E-state index is -0.0677. The molecule has 6 heteroatoms. The third-order valence-electron chi connectivity index (χ3n) is 4.43. The number of aliphatic imine (C=N–C) groups is 1. The molecule has 2 rings (SSSR count). The van der Waals surface area contributed by atoms with Crippen LogP contribution >= 0.6 is 0 Å². The Balaban J connectivity index is 1.81. The minimum Gasteiger partial charge on any atom is -0.484 e. The van der Waals surface area contributed by atoms with Crippen molar-refractivity contribution < 1.29 is 9.53 Å². The fraction of sp³-hybridized carbons (Fsp3) is 0.391. The quantitative estimate of drug-likeness (QED) is 0.532. The molecule has 0 saturated carbocycles. The van der Waals surface area contributed by atoms with Gasteiger partial charge in [0.2, 0.25) is 0 Å². The highest BCUT2D eigenvalue weighted by Gasteiger charge is 2.06. The van der Waals surface area contributed by atoms with Gasteiger partial charge in [0.25, 0.3) is 5.91 Å². The Kier molecular flexibility index (Phi) is 8.52. The molecule has 0 spiro atoms. The van der Waals surface area contributed by atoms with E-state index in [4.69, 9.17) is 4.74 Å². The SMILES string of the molecule is CN=C(NCCc1cc(C)cc(C)c1)NCc1cccc(OCC(=O)N(C)C)c1. The molecule has 0 saturated heterocycles. The minimum absolute atomic E-state index is 0.0333. The van der Waals surface area contributed by atoms with Crippen molar-refractivity contribution in [2.24, 2.45) is 4.99 Å². The lowest BCUT2D eigenvalue weighted by atomic mass is 10.1. The first-order chi connectivity index (χ1) is 13.9. The molecule has 0 aromatic heterocycles. The first-order valence-corrected chi connectivity index (χ1v) is 9.81. The summed E-state index contributed by atoms with van der Waals surface area (Å²) >= 11 is 0. The number of amides is 1. The van der Waals surface area contributed by atoms with Crippen LogP contribution in [-0.2, 0) is 17.8 Å². The maximum atomic E-state index is 11.7. The van der Waals surface area contributed by atoms with Crippen molar-refractivity contribution in [1.82, 2.24) is 15.5 Å². The average Bonchev–Trinajstić information content (AvgIpc) is 2.68. The second-order valence-corrected chi connectivity index (χ2v) is 7.32. The molecule has 0 atom stereocenters. The van der Waals surface area contributed by atoms with E-state index in [2.05, 4.69) is 47.7 Å². The van der Waals surface area contributed by atoms with E-state index in [1.807, 2.05) is 24.3 Å². The van der Waals surface area contributed by atoms with Crippen molar-refractivity contribution in [1.29, 1.82) is 0 Å². The first-order valence-electron chi connectivity index (χ1n) is 9.81. The van der Waals surface area contributed by atoms with E-state index < -0.39 is 0 Å². The summed E-state index contributed by atoms with van der Waals surface area (Å²) in [5, 5.41) is 6.66. The number of carbonyl (C=O) groups excluding carboxylic acids is 1. The maximum Gasteiger partial charge on any atom is 0.259 e. The summed E-state index contributed by atoms with van der Waals surface area (Å²) in [4.78, 5) is 17.5. The van der Waals surface area contributed by atoms with Crippen LogP contribution in [0.25, 0.3) is 0 Å². The zero-order valence-electron chi connectivity index (χ0n) is 18.1. The van der Waals surface area contributed by atoms with Gasteiger partial charge in [0.15, 0.2) is 12.6 Å². The predicted molar refractivity (Wildman–Crippen MR) is 118 cm³/mol. The van der Waals surface area contributed by atoms with Crippen LogP contribution in [0.5, 0.6) is 5.75 Å². The van der Waals surface area contributed by atoms with Crippen LogP contribution in [-0.4, -0.2) is 51.1 Å². The number of rotatable bonds is 8. The Bertz CT molecular complexity index is 826. The number of aryl methyl sites for hydroxylation is 2. The molecule has 2 N–H and O–H groups in total. The topological polar surface area (TPSA) is 66.0 Å². The van der Waals surface area contributed by atoms with Gasteiger partial charge in [-0.25, -0.2) is 0 Å². The third-order valence-corrected chi connectivity index (χ3v) is 4.43. The highest BCUT2D eigenvalue weighted by molar-refractivity contribution is 5.79. The van der Waals surface area contributed by atoms with Crippen molar-refractivity contribution in [2.75, 3.05) is 34.3 Å². The van der Waals surface area contributed by atoms with Crippen LogP contribution in [0.1, 0.15) is 22.3 Å². The standard InChI is InChI=1S/C23H32N4O2/c1-17-11-18(2)13-19(12-17)9-10-25-23(24-3)26-15-20-7-6-8-21(14-20)29-16-22(28)27(4)5/h6-8,11-14H,9-10,15-16H2,1-5H3,(H2,24,25,26). The van der Waals surface area contributed by atoms with Crippen LogP contribution in [0.4, 0.5) is 0 Å². The zero-order valence-corrected chi connectivity index (χ0v) is 18.1. The van der Waals surface area contributed by atoms with E-state index in [0.717, 1.165) is 24.5 Å². The first kappa shape index (κ1) is 22.3. The molecule has 29 heavy (non-hydrogen) atoms. The van der Waals surface area contributed by atoms with E-state index in [-0.39, 0.29) is 12.5 Å². The number of nitrogens with zero attached hydrogens (tertiary/aromatic N) is 2. The number of guanidine groups is 1. The second-order valence-electron chi connectivity index (χ2n) is 7.32. The Morgan fingerprint density at radius 3 is 2.41 bits per heavy atom. The number of likely N-dealkylation sites (N-methyl/N-ethyl adjacent to an activating group) is 1. The number of hydrogen-bond acceptors (Lipinski definition) is 3. The smallest absolute Gasteiger partial charge is 0.259 e. The molecule has 0 aliphatic rings. The van der Waals surface area contributed by atoms with Crippen molar-refractivity contribution in [2.45, 2.75) is 26.8 Å². The number of nitrogens with one attached hydrogen (secondary N) is 2. The zero-order chi connectivity index (χ0) is 21.2. The molecule has 2 aromatic rings. The fourth-order valence-electron chi connectivity index (χ4n) is 2.96. The molecule has 0 fully saturated rings. The summed E-state index contributed by atoms with van der Waals surface area (Å²) < 4.78 is 5.57. The van der Waals surface area contributed by atoms with Crippen LogP contribution in [0.3, 0.4) is 0 Å². The molecule has 0 aliphatic heterocycles. The van der Waals surface area contributed by atoms with Crippen LogP contribution in [0.15, 0.2) is 47.5 Å². The van der Waals surface area contributed by atoms with E-state index in [1.54, 1.807) is 21.1 Å². The number of carbonyl (C=O) groups is 1. The molecular weight excluding hydrogens is 364 g/mol. The third kappa shape index (κ3) is 7.86. The summed E-state index contributed by atoms with van der Waals surface area (Å²) in [6.45, 7) is 5.70. The van der Waals surface area contributed by atoms with Gasteiger partial charge in [0.1, 0.15) is 5.75 Å².